The first kappa shape index (κ1) is 18.4. The molecule has 7 heteroatoms. The van der Waals surface area contributed by atoms with Gasteiger partial charge in [0.1, 0.15) is 6.61 Å². The highest BCUT2D eigenvalue weighted by Crippen LogP contribution is 1.96. The summed E-state index contributed by atoms with van der Waals surface area (Å²) >= 11 is 0. The maximum Gasteiger partial charge on any atom is 0.407 e. The third-order valence-electron chi connectivity index (χ3n) is 2.09. The highest BCUT2D eigenvalue weighted by Gasteiger charge is 2.14. The molecule has 116 valence electrons. The Balaban J connectivity index is 3.83. The molecule has 0 heterocycles. The molecule has 0 aromatic rings. The van der Waals surface area contributed by atoms with Crippen molar-refractivity contribution >= 4 is 12.1 Å². The number of esters is 1. The monoisotopic (exact) mass is 289 g/mol. The molecule has 0 aliphatic heterocycles. The fourth-order valence-corrected chi connectivity index (χ4v) is 1.16. The quantitative estimate of drug-likeness (QED) is 0.365. The van der Waals surface area contributed by atoms with Gasteiger partial charge in [-0.2, -0.15) is 0 Å². The molecule has 0 fully saturated rings. The minimum atomic E-state index is -0.613. The molecule has 7 nitrogen and oxygen atoms in total. The Morgan fingerprint density at radius 3 is 2.55 bits per heavy atom. The fraction of sp³-hybridized carbons (Fsp3) is 0.692. The number of hydrogen-bond donors (Lipinski definition) is 1. The summed E-state index contributed by atoms with van der Waals surface area (Å²) in [5, 5.41) is 2.46. The van der Waals surface area contributed by atoms with E-state index in [1.165, 1.54) is 7.11 Å². The average Bonchev–Trinajstić information content (AvgIpc) is 2.40. The summed E-state index contributed by atoms with van der Waals surface area (Å²) in [7, 11) is 1.51. The molecule has 0 rings (SSSR count). The van der Waals surface area contributed by atoms with E-state index in [0.29, 0.717) is 12.2 Å². The summed E-state index contributed by atoms with van der Waals surface area (Å²) in [6, 6.07) is 0. The van der Waals surface area contributed by atoms with Gasteiger partial charge in [0.2, 0.25) is 0 Å². The van der Waals surface area contributed by atoms with Crippen LogP contribution < -0.4 is 5.32 Å². The zero-order valence-corrected chi connectivity index (χ0v) is 12.3. The second kappa shape index (κ2) is 11.2. The highest BCUT2D eigenvalue weighted by molar-refractivity contribution is 5.86. The Morgan fingerprint density at radius 1 is 1.30 bits per heavy atom. The van der Waals surface area contributed by atoms with Gasteiger partial charge in [0.05, 0.1) is 19.8 Å². The van der Waals surface area contributed by atoms with E-state index in [2.05, 4.69) is 11.9 Å². The number of carbonyl (C=O) groups excluding carboxylic acids is 2. The Hall–Kier alpha value is -1.60. The van der Waals surface area contributed by atoms with Crippen LogP contribution in [-0.2, 0) is 23.7 Å². The van der Waals surface area contributed by atoms with Crippen molar-refractivity contribution in [2.45, 2.75) is 20.0 Å². The van der Waals surface area contributed by atoms with Crippen LogP contribution in [0.15, 0.2) is 12.2 Å². The normalized spacial score (nSPS) is 11.6. The summed E-state index contributed by atoms with van der Waals surface area (Å²) in [6.07, 6.45) is -1.09. The van der Waals surface area contributed by atoms with Crippen molar-refractivity contribution < 1.29 is 28.5 Å². The number of ether oxygens (including phenoxy) is 4. The molecule has 20 heavy (non-hydrogen) atoms. The van der Waals surface area contributed by atoms with Gasteiger partial charge < -0.3 is 24.3 Å². The first-order chi connectivity index (χ1) is 9.51. The third-order valence-corrected chi connectivity index (χ3v) is 2.09. The zero-order chi connectivity index (χ0) is 15.4. The van der Waals surface area contributed by atoms with Crippen molar-refractivity contribution in [3.63, 3.8) is 0 Å². The molecule has 0 aromatic carbocycles. The molecule has 1 atom stereocenters. The summed E-state index contributed by atoms with van der Waals surface area (Å²) in [4.78, 5) is 22.5. The summed E-state index contributed by atoms with van der Waals surface area (Å²) < 4.78 is 20.0. The van der Waals surface area contributed by atoms with Crippen LogP contribution >= 0.6 is 0 Å². The van der Waals surface area contributed by atoms with E-state index in [9.17, 15) is 9.59 Å². The fourth-order valence-electron chi connectivity index (χ4n) is 1.16. The van der Waals surface area contributed by atoms with E-state index in [0.717, 1.165) is 0 Å². The minimum absolute atomic E-state index is 0.0567. The molecular weight excluding hydrogens is 266 g/mol. The van der Waals surface area contributed by atoms with E-state index >= 15 is 0 Å². The molecule has 0 aliphatic carbocycles. The van der Waals surface area contributed by atoms with Gasteiger partial charge in [0.25, 0.3) is 0 Å². The molecule has 0 saturated carbocycles. The second-order valence-electron chi connectivity index (χ2n) is 3.99. The lowest BCUT2D eigenvalue weighted by Crippen LogP contribution is -2.35. The third kappa shape index (κ3) is 9.35. The van der Waals surface area contributed by atoms with Gasteiger partial charge in [-0.15, -0.1) is 0 Å². The predicted molar refractivity (Wildman–Crippen MR) is 72.4 cm³/mol. The molecule has 0 bridgehead atoms. The van der Waals surface area contributed by atoms with Crippen LogP contribution in [0.2, 0.25) is 0 Å². The van der Waals surface area contributed by atoms with Gasteiger partial charge in [0, 0.05) is 19.3 Å². The number of hydrogen-bond acceptors (Lipinski definition) is 6. The van der Waals surface area contributed by atoms with E-state index in [1.54, 1.807) is 6.92 Å². The van der Waals surface area contributed by atoms with Gasteiger partial charge in [-0.25, -0.2) is 9.59 Å². The number of methoxy groups -OCH3 is 1. The second-order valence-corrected chi connectivity index (χ2v) is 3.99. The maximum atomic E-state index is 11.5. The van der Waals surface area contributed by atoms with E-state index in [4.69, 9.17) is 18.9 Å². The molecule has 0 aromatic heterocycles. The molecule has 1 N–H and O–H groups in total. The average molecular weight is 289 g/mol. The Kier molecular flexibility index (Phi) is 10.3. The van der Waals surface area contributed by atoms with Crippen LogP contribution in [0.3, 0.4) is 0 Å². The lowest BCUT2D eigenvalue weighted by molar-refractivity contribution is -0.138. The Labute approximate surface area is 119 Å². The van der Waals surface area contributed by atoms with Crippen LogP contribution in [0, 0.1) is 0 Å². The van der Waals surface area contributed by atoms with Crippen molar-refractivity contribution in [2.75, 3.05) is 40.1 Å². The van der Waals surface area contributed by atoms with Crippen LogP contribution in [0.25, 0.3) is 0 Å². The Morgan fingerprint density at radius 2 is 2.00 bits per heavy atom. The molecule has 1 amide bonds. The van der Waals surface area contributed by atoms with Crippen molar-refractivity contribution in [1.82, 2.24) is 5.32 Å². The standard InChI is InChI=1S/C13H23NO6/c1-5-18-9-11(8-17-4)20-13(16)14-6-7-19-12(15)10(2)3/h11H,2,5-9H2,1,3-4H3,(H,14,16). The summed E-state index contributed by atoms with van der Waals surface area (Å²) in [5.74, 6) is -0.492. The summed E-state index contributed by atoms with van der Waals surface area (Å²) in [6.45, 7) is 8.10. The lowest BCUT2D eigenvalue weighted by Gasteiger charge is -2.17. The molecule has 0 radical (unpaired) electrons. The number of nitrogens with one attached hydrogen (secondary N) is 1. The van der Waals surface area contributed by atoms with E-state index in [1.807, 2.05) is 6.92 Å². The number of rotatable bonds is 10. The number of carbonyl (C=O) groups is 2. The largest absolute Gasteiger partial charge is 0.460 e. The van der Waals surface area contributed by atoms with Gasteiger partial charge in [0.15, 0.2) is 6.10 Å². The number of amides is 1. The summed E-state index contributed by atoms with van der Waals surface area (Å²) in [5.41, 5.74) is 0.310. The van der Waals surface area contributed by atoms with Crippen LogP contribution in [0.4, 0.5) is 4.79 Å². The van der Waals surface area contributed by atoms with E-state index < -0.39 is 18.2 Å². The van der Waals surface area contributed by atoms with Crippen molar-refractivity contribution in [2.24, 2.45) is 0 Å². The first-order valence-corrected chi connectivity index (χ1v) is 6.35. The molecular formula is C13H23NO6. The van der Waals surface area contributed by atoms with Crippen molar-refractivity contribution in [3.05, 3.63) is 12.2 Å². The van der Waals surface area contributed by atoms with Crippen molar-refractivity contribution in [3.8, 4) is 0 Å². The highest BCUT2D eigenvalue weighted by atomic mass is 16.6. The van der Waals surface area contributed by atoms with Gasteiger partial charge in [-0.1, -0.05) is 6.58 Å². The van der Waals surface area contributed by atoms with Crippen LogP contribution in [-0.4, -0.2) is 58.2 Å². The molecule has 0 saturated heterocycles. The van der Waals surface area contributed by atoms with Crippen LogP contribution in [0.5, 0.6) is 0 Å². The lowest BCUT2D eigenvalue weighted by atomic mass is 10.4. The molecule has 1 unspecified atom stereocenters. The van der Waals surface area contributed by atoms with Crippen LogP contribution in [0.1, 0.15) is 13.8 Å². The first-order valence-electron chi connectivity index (χ1n) is 6.35. The van der Waals surface area contributed by atoms with Gasteiger partial charge in [-0.05, 0) is 13.8 Å². The zero-order valence-electron chi connectivity index (χ0n) is 12.3. The van der Waals surface area contributed by atoms with E-state index in [-0.39, 0.29) is 26.4 Å². The van der Waals surface area contributed by atoms with Gasteiger partial charge in [-0.3, -0.25) is 0 Å². The maximum absolute atomic E-state index is 11.5. The predicted octanol–water partition coefficient (Wildman–Crippen LogP) is 0.883. The van der Waals surface area contributed by atoms with Gasteiger partial charge >= 0.3 is 12.1 Å². The minimum Gasteiger partial charge on any atom is -0.460 e. The number of alkyl carbamates (subject to hydrolysis) is 1. The molecule has 0 aliphatic rings. The topological polar surface area (TPSA) is 83.1 Å². The SMILES string of the molecule is C=C(C)C(=O)OCCNC(=O)OC(COC)COCC. The smallest absolute Gasteiger partial charge is 0.407 e. The molecule has 0 spiro atoms. The Bertz CT molecular complexity index is 318. The van der Waals surface area contributed by atoms with Crippen molar-refractivity contribution in [1.29, 1.82) is 0 Å².